The fourth-order valence-electron chi connectivity index (χ4n) is 3.10. The molecule has 0 radical (unpaired) electrons. The molecule has 0 bridgehead atoms. The van der Waals surface area contributed by atoms with E-state index in [0.29, 0.717) is 15.9 Å². The standard InChI is InChI=1S/C20H20ClN5OS2/c1-10(2)17-23-19-16(11(3)12(4)29-19)18-24-25-20(26(17)18)28-9-15(27)22-14-8-6-5-7-13(14)21/h5-8,10H,9H2,1-4H3,(H,22,27). The summed E-state index contributed by atoms with van der Waals surface area (Å²) in [4.78, 5) is 19.5. The molecule has 0 atom stereocenters. The van der Waals surface area contributed by atoms with Gasteiger partial charge in [-0.1, -0.05) is 49.3 Å². The minimum absolute atomic E-state index is 0.150. The number of amides is 1. The number of halogens is 1. The molecule has 150 valence electrons. The Balaban J connectivity index is 1.67. The summed E-state index contributed by atoms with van der Waals surface area (Å²) in [6, 6.07) is 7.17. The van der Waals surface area contributed by atoms with E-state index >= 15 is 0 Å². The van der Waals surface area contributed by atoms with Crippen LogP contribution in [-0.4, -0.2) is 31.2 Å². The topological polar surface area (TPSA) is 72.2 Å². The predicted octanol–water partition coefficient (Wildman–Crippen LogP) is 5.46. The van der Waals surface area contributed by atoms with Crippen LogP contribution in [0.2, 0.25) is 5.02 Å². The molecule has 3 heterocycles. The van der Waals surface area contributed by atoms with E-state index in [0.717, 1.165) is 21.7 Å². The van der Waals surface area contributed by atoms with E-state index < -0.39 is 0 Å². The average Bonchev–Trinajstić information content (AvgIpc) is 3.22. The maximum atomic E-state index is 12.4. The van der Waals surface area contributed by atoms with Crippen LogP contribution in [0.25, 0.3) is 15.9 Å². The molecule has 1 aromatic carbocycles. The summed E-state index contributed by atoms with van der Waals surface area (Å²) in [5.41, 5.74) is 2.58. The molecule has 0 aliphatic carbocycles. The van der Waals surface area contributed by atoms with Gasteiger partial charge in [-0.3, -0.25) is 9.20 Å². The highest BCUT2D eigenvalue weighted by Gasteiger charge is 2.21. The van der Waals surface area contributed by atoms with Crippen LogP contribution in [0.1, 0.15) is 36.0 Å². The summed E-state index contributed by atoms with van der Waals surface area (Å²) < 4.78 is 1.99. The maximum absolute atomic E-state index is 12.4. The number of thiophene rings is 1. The van der Waals surface area contributed by atoms with Gasteiger partial charge in [0.2, 0.25) is 5.91 Å². The SMILES string of the molecule is Cc1sc2nc(C(C)C)n3c(SCC(=O)Nc4ccccc4Cl)nnc3c2c1C. The smallest absolute Gasteiger partial charge is 0.234 e. The molecule has 0 spiro atoms. The fraction of sp³-hybridized carbons (Fsp3) is 0.300. The monoisotopic (exact) mass is 445 g/mol. The summed E-state index contributed by atoms with van der Waals surface area (Å²) in [6.45, 7) is 8.38. The van der Waals surface area contributed by atoms with Crippen LogP contribution in [0.4, 0.5) is 5.69 Å². The number of aryl methyl sites for hydroxylation is 2. The fourth-order valence-corrected chi connectivity index (χ4v) is 5.06. The van der Waals surface area contributed by atoms with Crippen LogP contribution >= 0.6 is 34.7 Å². The molecule has 9 heteroatoms. The van der Waals surface area contributed by atoms with Crippen molar-refractivity contribution in [1.29, 1.82) is 0 Å². The van der Waals surface area contributed by atoms with E-state index in [2.05, 4.69) is 43.2 Å². The zero-order chi connectivity index (χ0) is 20.7. The zero-order valence-corrected chi connectivity index (χ0v) is 18.9. The average molecular weight is 446 g/mol. The number of aromatic nitrogens is 4. The number of thioether (sulfide) groups is 1. The van der Waals surface area contributed by atoms with Crippen molar-refractivity contribution in [2.75, 3.05) is 11.1 Å². The van der Waals surface area contributed by atoms with Crippen LogP contribution in [0.15, 0.2) is 29.4 Å². The van der Waals surface area contributed by atoms with Crippen LogP contribution in [0.5, 0.6) is 0 Å². The number of hydrogen-bond donors (Lipinski definition) is 1. The van der Waals surface area contributed by atoms with E-state index in [9.17, 15) is 4.79 Å². The summed E-state index contributed by atoms with van der Waals surface area (Å²) in [5, 5.41) is 13.9. The van der Waals surface area contributed by atoms with Gasteiger partial charge in [0.1, 0.15) is 10.7 Å². The number of hydrogen-bond acceptors (Lipinski definition) is 6. The molecule has 6 nitrogen and oxygen atoms in total. The van der Waals surface area contributed by atoms with Crippen molar-refractivity contribution >= 4 is 62.2 Å². The maximum Gasteiger partial charge on any atom is 0.234 e. The van der Waals surface area contributed by atoms with Gasteiger partial charge >= 0.3 is 0 Å². The van der Waals surface area contributed by atoms with Crippen molar-refractivity contribution in [3.63, 3.8) is 0 Å². The third kappa shape index (κ3) is 3.72. The Hall–Kier alpha value is -2.16. The molecule has 0 saturated heterocycles. The number of nitrogens with zero attached hydrogens (tertiary/aromatic N) is 4. The summed E-state index contributed by atoms with van der Waals surface area (Å²) in [5.74, 6) is 1.13. The molecule has 0 unspecified atom stereocenters. The number of anilines is 1. The minimum atomic E-state index is -0.150. The first-order valence-electron chi connectivity index (χ1n) is 9.18. The molecular formula is C20H20ClN5OS2. The lowest BCUT2D eigenvalue weighted by Gasteiger charge is -2.11. The second kappa shape index (κ2) is 7.93. The quantitative estimate of drug-likeness (QED) is 0.413. The largest absolute Gasteiger partial charge is 0.324 e. The Morgan fingerprint density at radius 1 is 1.28 bits per heavy atom. The Bertz CT molecular complexity index is 1230. The molecule has 0 fully saturated rings. The van der Waals surface area contributed by atoms with E-state index in [1.165, 1.54) is 22.2 Å². The number of rotatable bonds is 5. The lowest BCUT2D eigenvalue weighted by Crippen LogP contribution is -2.15. The van der Waals surface area contributed by atoms with Crippen molar-refractivity contribution in [3.8, 4) is 0 Å². The van der Waals surface area contributed by atoms with E-state index in [1.807, 2.05) is 16.5 Å². The van der Waals surface area contributed by atoms with Crippen LogP contribution in [0, 0.1) is 13.8 Å². The van der Waals surface area contributed by atoms with Gasteiger partial charge in [0, 0.05) is 10.8 Å². The van der Waals surface area contributed by atoms with Crippen LogP contribution in [-0.2, 0) is 4.79 Å². The lowest BCUT2D eigenvalue weighted by atomic mass is 10.2. The normalized spacial score (nSPS) is 11.7. The number of carbonyl (C=O) groups excluding carboxylic acids is 1. The van der Waals surface area contributed by atoms with Gasteiger partial charge in [-0.15, -0.1) is 21.5 Å². The number of para-hydroxylation sites is 1. The first-order valence-corrected chi connectivity index (χ1v) is 11.4. The van der Waals surface area contributed by atoms with Crippen molar-refractivity contribution in [1.82, 2.24) is 19.6 Å². The molecule has 4 aromatic rings. The van der Waals surface area contributed by atoms with Crippen LogP contribution in [0.3, 0.4) is 0 Å². The Kier molecular flexibility index (Phi) is 5.50. The molecule has 3 aromatic heterocycles. The molecule has 0 aliphatic heterocycles. The van der Waals surface area contributed by atoms with Crippen LogP contribution < -0.4 is 5.32 Å². The molecule has 1 N–H and O–H groups in total. The number of fused-ring (bicyclic) bond motifs is 3. The van der Waals surface area contributed by atoms with Gasteiger partial charge in [-0.2, -0.15) is 0 Å². The second-order valence-electron chi connectivity index (χ2n) is 7.05. The van der Waals surface area contributed by atoms with Gasteiger partial charge < -0.3 is 5.32 Å². The zero-order valence-electron chi connectivity index (χ0n) is 16.5. The highest BCUT2D eigenvalue weighted by Crippen LogP contribution is 2.34. The first-order chi connectivity index (χ1) is 13.9. The molecule has 4 rings (SSSR count). The number of benzene rings is 1. The van der Waals surface area contributed by atoms with E-state index in [1.54, 1.807) is 23.5 Å². The van der Waals surface area contributed by atoms with Crippen molar-refractivity contribution < 1.29 is 4.79 Å². The van der Waals surface area contributed by atoms with Gasteiger partial charge in [-0.05, 0) is 31.5 Å². The Labute approximate surface area is 181 Å². The summed E-state index contributed by atoms with van der Waals surface area (Å²) >= 11 is 9.14. The van der Waals surface area contributed by atoms with Gasteiger partial charge in [-0.25, -0.2) is 4.98 Å². The third-order valence-corrected chi connectivity index (χ3v) is 7.03. The Morgan fingerprint density at radius 3 is 2.76 bits per heavy atom. The predicted molar refractivity (Wildman–Crippen MR) is 121 cm³/mol. The first kappa shape index (κ1) is 20.1. The lowest BCUT2D eigenvalue weighted by molar-refractivity contribution is -0.113. The molecule has 29 heavy (non-hydrogen) atoms. The highest BCUT2D eigenvalue weighted by molar-refractivity contribution is 7.99. The Morgan fingerprint density at radius 2 is 2.03 bits per heavy atom. The number of nitrogens with one attached hydrogen (secondary N) is 1. The van der Waals surface area contributed by atoms with Gasteiger partial charge in [0.05, 0.1) is 21.8 Å². The highest BCUT2D eigenvalue weighted by atomic mass is 35.5. The molecule has 0 aliphatic rings. The van der Waals surface area contributed by atoms with Gasteiger partial charge in [0.15, 0.2) is 10.8 Å². The number of carbonyl (C=O) groups is 1. The van der Waals surface area contributed by atoms with Crippen molar-refractivity contribution in [2.24, 2.45) is 0 Å². The molecular weight excluding hydrogens is 426 g/mol. The van der Waals surface area contributed by atoms with Gasteiger partial charge in [0.25, 0.3) is 0 Å². The summed E-state index contributed by atoms with van der Waals surface area (Å²) in [6.07, 6.45) is 0. The van der Waals surface area contributed by atoms with Crippen molar-refractivity contribution in [3.05, 3.63) is 45.6 Å². The summed E-state index contributed by atoms with van der Waals surface area (Å²) in [7, 11) is 0. The molecule has 0 saturated carbocycles. The second-order valence-corrected chi connectivity index (χ2v) is 9.60. The van der Waals surface area contributed by atoms with E-state index in [-0.39, 0.29) is 17.6 Å². The third-order valence-electron chi connectivity index (χ3n) is 4.67. The molecule has 1 amide bonds. The van der Waals surface area contributed by atoms with E-state index in [4.69, 9.17) is 16.6 Å². The minimum Gasteiger partial charge on any atom is -0.324 e. The van der Waals surface area contributed by atoms with Crippen molar-refractivity contribution in [2.45, 2.75) is 38.8 Å².